The highest BCUT2D eigenvalue weighted by atomic mass is 16.5. The molecule has 0 aliphatic heterocycles. The summed E-state index contributed by atoms with van der Waals surface area (Å²) in [6.07, 6.45) is 10.8. The fraction of sp³-hybridized carbons (Fsp3) is 0.909. The van der Waals surface area contributed by atoms with Crippen molar-refractivity contribution in [2.45, 2.75) is 117 Å². The Morgan fingerprint density at radius 1 is 0.724 bits per heavy atom. The van der Waals surface area contributed by atoms with Crippen LogP contribution in [0.15, 0.2) is 0 Å². The van der Waals surface area contributed by atoms with Crippen LogP contribution in [0.4, 0.5) is 0 Å². The fourth-order valence-corrected chi connectivity index (χ4v) is 3.98. The van der Waals surface area contributed by atoms with E-state index in [1.807, 2.05) is 0 Å². The van der Waals surface area contributed by atoms with E-state index in [0.29, 0.717) is 37.5 Å². The summed E-state index contributed by atoms with van der Waals surface area (Å²) in [6.45, 7) is 8.75. The summed E-state index contributed by atoms with van der Waals surface area (Å²) in [4.78, 5) is 23.5. The molecule has 0 saturated heterocycles. The van der Waals surface area contributed by atoms with Crippen molar-refractivity contribution in [1.82, 2.24) is 10.9 Å². The van der Waals surface area contributed by atoms with Gasteiger partial charge in [-0.1, -0.05) is 66.2 Å². The second-order valence-corrected chi connectivity index (χ2v) is 8.05. The normalized spacial score (nSPS) is 15.4. The Balaban J connectivity index is 5.39. The molecule has 0 saturated carbocycles. The molecule has 0 spiro atoms. The minimum atomic E-state index is -0.166. The highest BCUT2D eigenvalue weighted by Crippen LogP contribution is 2.30. The zero-order chi connectivity index (χ0) is 22.1. The molecule has 172 valence electrons. The van der Waals surface area contributed by atoms with Gasteiger partial charge in [0.2, 0.25) is 11.8 Å². The van der Waals surface area contributed by atoms with E-state index < -0.39 is 0 Å². The average Bonchev–Trinajstić information content (AvgIpc) is 2.74. The number of hydrogen-bond donors (Lipinski definition) is 4. The predicted molar refractivity (Wildman–Crippen MR) is 118 cm³/mol. The molecule has 0 rings (SSSR count). The maximum Gasteiger partial charge on any atom is 0.233 e. The van der Waals surface area contributed by atoms with Gasteiger partial charge in [-0.2, -0.15) is 0 Å². The van der Waals surface area contributed by atoms with Crippen LogP contribution in [-0.4, -0.2) is 24.0 Å². The van der Waals surface area contributed by atoms with Crippen LogP contribution in [-0.2, 0) is 14.3 Å². The van der Waals surface area contributed by atoms with Crippen LogP contribution >= 0.6 is 0 Å². The van der Waals surface area contributed by atoms with Gasteiger partial charge in [-0.05, 0) is 37.5 Å². The van der Waals surface area contributed by atoms with Gasteiger partial charge in [0.25, 0.3) is 0 Å². The maximum atomic E-state index is 11.8. The van der Waals surface area contributed by atoms with Crippen molar-refractivity contribution in [3.05, 3.63) is 0 Å². The Morgan fingerprint density at radius 2 is 1.10 bits per heavy atom. The molecule has 0 fully saturated rings. The van der Waals surface area contributed by atoms with Crippen molar-refractivity contribution in [3.63, 3.8) is 0 Å². The van der Waals surface area contributed by atoms with Gasteiger partial charge in [0, 0.05) is 12.8 Å². The van der Waals surface area contributed by atoms with Crippen LogP contribution in [0, 0.1) is 11.8 Å². The Hall–Kier alpha value is -1.18. The topological polar surface area (TPSA) is 119 Å². The first-order valence-electron chi connectivity index (χ1n) is 11.6. The molecule has 0 aliphatic carbocycles. The smallest absolute Gasteiger partial charge is 0.233 e. The average molecular weight is 415 g/mol. The number of rotatable bonds is 18. The highest BCUT2D eigenvalue weighted by molar-refractivity contribution is 5.75. The summed E-state index contributed by atoms with van der Waals surface area (Å²) in [6, 6.07) is 0. The van der Waals surface area contributed by atoms with Crippen molar-refractivity contribution >= 4 is 11.8 Å². The summed E-state index contributed by atoms with van der Waals surface area (Å²) < 4.78 is 6.70. The standard InChI is InChI=1S/C22H46N4O3/c1-5-9-11-17(7-3)19(13-15-21(27)25-23)29-20(14-16-22(28)26-24)18(8-4)12-10-6-2/h17-20H,5-16,23-24H2,1-4H3,(H,25,27)(H,26,28). The molecule has 0 aromatic rings. The van der Waals surface area contributed by atoms with Gasteiger partial charge in [-0.25, -0.2) is 11.7 Å². The minimum absolute atomic E-state index is 0.00883. The molecule has 7 nitrogen and oxygen atoms in total. The van der Waals surface area contributed by atoms with Crippen LogP contribution in [0.25, 0.3) is 0 Å². The van der Waals surface area contributed by atoms with E-state index in [1.54, 1.807) is 0 Å². The number of hydrogen-bond acceptors (Lipinski definition) is 5. The zero-order valence-electron chi connectivity index (χ0n) is 19.2. The van der Waals surface area contributed by atoms with Crippen LogP contribution < -0.4 is 22.5 Å². The van der Waals surface area contributed by atoms with Gasteiger partial charge in [0.15, 0.2) is 0 Å². The van der Waals surface area contributed by atoms with Crippen LogP contribution in [0.3, 0.4) is 0 Å². The summed E-state index contributed by atoms with van der Waals surface area (Å²) in [7, 11) is 0. The first-order chi connectivity index (χ1) is 14.0. The lowest BCUT2D eigenvalue weighted by atomic mass is 9.87. The predicted octanol–water partition coefficient (Wildman–Crippen LogP) is 3.71. The quantitative estimate of drug-likeness (QED) is 0.155. The molecule has 2 amide bonds. The Morgan fingerprint density at radius 3 is 1.38 bits per heavy atom. The first kappa shape index (κ1) is 27.8. The second-order valence-electron chi connectivity index (χ2n) is 8.05. The van der Waals surface area contributed by atoms with Crippen molar-refractivity contribution in [1.29, 1.82) is 0 Å². The number of nitrogens with one attached hydrogen (secondary N) is 2. The molecule has 7 heteroatoms. The molecule has 4 atom stereocenters. The molecule has 0 aromatic heterocycles. The molecule has 0 heterocycles. The maximum absolute atomic E-state index is 11.8. The number of nitrogens with two attached hydrogens (primary N) is 2. The van der Waals surface area contributed by atoms with Crippen LogP contribution in [0.1, 0.15) is 105 Å². The number of amides is 2. The summed E-state index contributed by atoms with van der Waals surface area (Å²) in [5.41, 5.74) is 4.44. The van der Waals surface area contributed by atoms with Gasteiger partial charge >= 0.3 is 0 Å². The Bertz CT molecular complexity index is 396. The Kier molecular flexibility index (Phi) is 16.9. The largest absolute Gasteiger partial charge is 0.374 e. The van der Waals surface area contributed by atoms with Gasteiger partial charge in [-0.3, -0.25) is 20.4 Å². The number of carbonyl (C=O) groups is 2. The fourth-order valence-electron chi connectivity index (χ4n) is 3.98. The zero-order valence-corrected chi connectivity index (χ0v) is 19.2. The monoisotopic (exact) mass is 414 g/mol. The third kappa shape index (κ3) is 12.2. The van der Waals surface area contributed by atoms with E-state index in [-0.39, 0.29) is 24.0 Å². The molecule has 0 bridgehead atoms. The minimum Gasteiger partial charge on any atom is -0.374 e. The van der Waals surface area contributed by atoms with Crippen molar-refractivity contribution in [3.8, 4) is 0 Å². The molecule has 4 unspecified atom stereocenters. The summed E-state index contributed by atoms with van der Waals surface area (Å²) >= 11 is 0. The lowest BCUT2D eigenvalue weighted by molar-refractivity contribution is -0.125. The van der Waals surface area contributed by atoms with E-state index in [9.17, 15) is 9.59 Å². The highest BCUT2D eigenvalue weighted by Gasteiger charge is 2.29. The molecule has 29 heavy (non-hydrogen) atoms. The number of unbranched alkanes of at least 4 members (excludes halogenated alkanes) is 2. The summed E-state index contributed by atoms with van der Waals surface area (Å²) in [5, 5.41) is 0. The first-order valence-corrected chi connectivity index (χ1v) is 11.6. The molecule has 6 N–H and O–H groups in total. The third-order valence-electron chi connectivity index (χ3n) is 5.94. The molecular weight excluding hydrogens is 368 g/mol. The van der Waals surface area contributed by atoms with Crippen LogP contribution in [0.2, 0.25) is 0 Å². The van der Waals surface area contributed by atoms with Crippen molar-refractivity contribution < 1.29 is 14.3 Å². The van der Waals surface area contributed by atoms with Gasteiger partial charge in [0.05, 0.1) is 12.2 Å². The number of carbonyl (C=O) groups excluding carboxylic acids is 2. The van der Waals surface area contributed by atoms with Crippen molar-refractivity contribution in [2.24, 2.45) is 23.5 Å². The van der Waals surface area contributed by atoms with E-state index in [1.165, 1.54) is 0 Å². The molecular formula is C22H46N4O3. The van der Waals surface area contributed by atoms with Crippen LogP contribution in [0.5, 0.6) is 0 Å². The van der Waals surface area contributed by atoms with E-state index in [2.05, 4.69) is 38.5 Å². The molecule has 0 aromatic carbocycles. The Labute approximate surface area is 178 Å². The number of hydrazine groups is 2. The molecule has 0 radical (unpaired) electrons. The summed E-state index contributed by atoms with van der Waals surface area (Å²) in [5.74, 6) is 11.0. The van der Waals surface area contributed by atoms with E-state index in [0.717, 1.165) is 51.4 Å². The molecule has 0 aliphatic rings. The van der Waals surface area contributed by atoms with Gasteiger partial charge in [0.1, 0.15) is 0 Å². The lowest BCUT2D eigenvalue weighted by Gasteiger charge is -2.34. The number of ether oxygens (including phenoxy) is 1. The second kappa shape index (κ2) is 17.7. The van der Waals surface area contributed by atoms with E-state index >= 15 is 0 Å². The van der Waals surface area contributed by atoms with Gasteiger partial charge in [-0.15, -0.1) is 0 Å². The lowest BCUT2D eigenvalue weighted by Crippen LogP contribution is -2.37. The van der Waals surface area contributed by atoms with Gasteiger partial charge < -0.3 is 4.74 Å². The van der Waals surface area contributed by atoms with E-state index in [4.69, 9.17) is 16.4 Å². The third-order valence-corrected chi connectivity index (χ3v) is 5.94. The van der Waals surface area contributed by atoms with Crippen molar-refractivity contribution in [2.75, 3.05) is 0 Å². The SMILES string of the molecule is CCCCC(CC)C(CCC(=O)NN)OC(CCC(=O)NN)C(CC)CCCC.